The summed E-state index contributed by atoms with van der Waals surface area (Å²) in [5.41, 5.74) is -0.197. The molecule has 0 aliphatic rings. The summed E-state index contributed by atoms with van der Waals surface area (Å²) in [5.74, 6) is 0.293. The number of aryl methyl sites for hydroxylation is 1. The fourth-order valence-electron chi connectivity index (χ4n) is 2.41. The molecule has 1 aromatic heterocycles. The molecule has 23 heavy (non-hydrogen) atoms. The Morgan fingerprint density at radius 2 is 1.91 bits per heavy atom. The summed E-state index contributed by atoms with van der Waals surface area (Å²) in [5, 5.41) is 12.0. The monoisotopic (exact) mass is 349 g/mol. The Balaban J connectivity index is 2.45. The molecule has 0 radical (unpaired) electrons. The molecule has 3 aromatic rings. The molecule has 0 saturated heterocycles. The lowest BCUT2D eigenvalue weighted by atomic mass is 10.2. The highest BCUT2D eigenvalue weighted by molar-refractivity contribution is 6.38. The average Bonchev–Trinajstić information content (AvgIpc) is 2.49. The first kappa shape index (κ1) is 15.5. The van der Waals surface area contributed by atoms with Crippen LogP contribution in [-0.4, -0.2) is 14.5 Å². The van der Waals surface area contributed by atoms with Crippen molar-refractivity contribution in [2.75, 3.05) is 0 Å². The third kappa shape index (κ3) is 2.56. The van der Waals surface area contributed by atoms with Crippen LogP contribution >= 0.6 is 23.2 Å². The fourth-order valence-corrected chi connectivity index (χ4v) is 2.95. The van der Waals surface area contributed by atoms with Crippen LogP contribution in [0.5, 0.6) is 0 Å². The Kier molecular flexibility index (Phi) is 3.79. The van der Waals surface area contributed by atoms with Crippen LogP contribution in [0.2, 0.25) is 10.0 Å². The molecule has 6 nitrogen and oxygen atoms in total. The highest BCUT2D eigenvalue weighted by Gasteiger charge is 2.19. The van der Waals surface area contributed by atoms with Crippen molar-refractivity contribution < 1.29 is 4.92 Å². The van der Waals surface area contributed by atoms with E-state index in [1.165, 1.54) is 34.9 Å². The van der Waals surface area contributed by atoms with E-state index in [-0.39, 0.29) is 21.8 Å². The van der Waals surface area contributed by atoms with E-state index in [4.69, 9.17) is 23.2 Å². The largest absolute Gasteiger partial charge is 0.293 e. The highest BCUT2D eigenvalue weighted by Crippen LogP contribution is 2.27. The lowest BCUT2D eigenvalue weighted by molar-refractivity contribution is -0.384. The van der Waals surface area contributed by atoms with E-state index in [9.17, 15) is 14.9 Å². The van der Waals surface area contributed by atoms with E-state index in [2.05, 4.69) is 4.98 Å². The van der Waals surface area contributed by atoms with Crippen molar-refractivity contribution in [1.29, 1.82) is 0 Å². The Morgan fingerprint density at radius 3 is 2.61 bits per heavy atom. The van der Waals surface area contributed by atoms with E-state index in [1.54, 1.807) is 13.0 Å². The third-order valence-corrected chi connectivity index (χ3v) is 3.88. The molecule has 0 unspecified atom stereocenters. The van der Waals surface area contributed by atoms with Gasteiger partial charge in [-0.05, 0) is 25.1 Å². The molecule has 2 aromatic carbocycles. The maximum absolute atomic E-state index is 12.8. The number of aromatic nitrogens is 2. The zero-order chi connectivity index (χ0) is 16.7. The Bertz CT molecular complexity index is 1010. The summed E-state index contributed by atoms with van der Waals surface area (Å²) in [6, 6.07) is 8.91. The number of nitro benzene ring substituents is 1. The first-order valence-electron chi connectivity index (χ1n) is 6.52. The molecule has 0 saturated carbocycles. The van der Waals surface area contributed by atoms with E-state index in [0.29, 0.717) is 16.4 Å². The number of halogens is 2. The van der Waals surface area contributed by atoms with E-state index in [1.807, 2.05) is 0 Å². The third-order valence-electron chi connectivity index (χ3n) is 3.38. The maximum Gasteiger partial charge on any atom is 0.293 e. The predicted molar refractivity (Wildman–Crippen MR) is 88.8 cm³/mol. The van der Waals surface area contributed by atoms with Crippen molar-refractivity contribution in [3.8, 4) is 5.69 Å². The molecule has 116 valence electrons. The number of rotatable bonds is 2. The van der Waals surface area contributed by atoms with Gasteiger partial charge < -0.3 is 0 Å². The standard InChI is InChI=1S/C15H9Cl2N3O3/c1-8-18-14-10(6-9(16)7-11(14)17)15(21)19(8)12-4-2-3-5-13(12)20(22)23/h2-7H,1H3. The number of nitrogens with zero attached hydrogens (tertiary/aromatic N) is 3. The van der Waals surface area contributed by atoms with E-state index < -0.39 is 10.5 Å². The van der Waals surface area contributed by atoms with Gasteiger partial charge in [-0.3, -0.25) is 19.5 Å². The molecule has 3 rings (SSSR count). The molecule has 0 aliphatic carbocycles. The normalized spacial score (nSPS) is 10.9. The van der Waals surface area contributed by atoms with Gasteiger partial charge in [-0.15, -0.1) is 0 Å². The molecule has 0 aliphatic heterocycles. The molecular formula is C15H9Cl2N3O3. The highest BCUT2D eigenvalue weighted by atomic mass is 35.5. The van der Waals surface area contributed by atoms with Gasteiger partial charge in [0.1, 0.15) is 11.5 Å². The van der Waals surface area contributed by atoms with Gasteiger partial charge in [-0.25, -0.2) is 4.98 Å². The second-order valence-electron chi connectivity index (χ2n) is 4.83. The summed E-state index contributed by atoms with van der Waals surface area (Å²) in [6.45, 7) is 1.59. The number of para-hydroxylation sites is 2. The molecule has 0 bridgehead atoms. The minimum absolute atomic E-state index is 0.144. The van der Waals surface area contributed by atoms with Crippen molar-refractivity contribution >= 4 is 39.8 Å². The quantitative estimate of drug-likeness (QED) is 0.519. The molecule has 8 heteroatoms. The van der Waals surface area contributed by atoms with Gasteiger partial charge in [0.25, 0.3) is 11.2 Å². The van der Waals surface area contributed by atoms with E-state index in [0.717, 1.165) is 0 Å². The fraction of sp³-hybridized carbons (Fsp3) is 0.0667. The number of nitro groups is 1. The average molecular weight is 350 g/mol. The lowest BCUT2D eigenvalue weighted by Crippen LogP contribution is -2.23. The zero-order valence-corrected chi connectivity index (χ0v) is 13.3. The molecular weight excluding hydrogens is 341 g/mol. The minimum Gasteiger partial charge on any atom is -0.268 e. The van der Waals surface area contributed by atoms with Crippen molar-refractivity contribution in [3.05, 3.63) is 72.7 Å². The molecule has 0 amide bonds. The summed E-state index contributed by atoms with van der Waals surface area (Å²) in [6.07, 6.45) is 0. The second kappa shape index (κ2) is 5.64. The zero-order valence-electron chi connectivity index (χ0n) is 11.8. The summed E-state index contributed by atoms with van der Waals surface area (Å²) in [7, 11) is 0. The molecule has 0 fully saturated rings. The van der Waals surface area contributed by atoms with Crippen LogP contribution in [0.25, 0.3) is 16.6 Å². The second-order valence-corrected chi connectivity index (χ2v) is 5.67. The van der Waals surface area contributed by atoms with Crippen LogP contribution in [0.1, 0.15) is 5.82 Å². The van der Waals surface area contributed by atoms with Gasteiger partial charge in [0.2, 0.25) is 0 Å². The van der Waals surface area contributed by atoms with Gasteiger partial charge in [0.05, 0.1) is 20.8 Å². The van der Waals surface area contributed by atoms with Gasteiger partial charge in [0.15, 0.2) is 0 Å². The van der Waals surface area contributed by atoms with Crippen molar-refractivity contribution in [2.45, 2.75) is 6.92 Å². The van der Waals surface area contributed by atoms with Crippen LogP contribution in [0.15, 0.2) is 41.2 Å². The van der Waals surface area contributed by atoms with Gasteiger partial charge >= 0.3 is 0 Å². The van der Waals surface area contributed by atoms with Crippen LogP contribution < -0.4 is 5.56 Å². The van der Waals surface area contributed by atoms with Gasteiger partial charge in [0, 0.05) is 11.1 Å². The number of hydrogen-bond acceptors (Lipinski definition) is 4. The van der Waals surface area contributed by atoms with Crippen molar-refractivity contribution in [1.82, 2.24) is 9.55 Å². The van der Waals surface area contributed by atoms with Crippen LogP contribution in [0.3, 0.4) is 0 Å². The van der Waals surface area contributed by atoms with Crippen LogP contribution in [0.4, 0.5) is 5.69 Å². The van der Waals surface area contributed by atoms with E-state index >= 15 is 0 Å². The topological polar surface area (TPSA) is 78.0 Å². The predicted octanol–water partition coefficient (Wildman–Crippen LogP) is 3.91. The van der Waals surface area contributed by atoms with Crippen LogP contribution in [0, 0.1) is 17.0 Å². The SMILES string of the molecule is Cc1nc2c(Cl)cc(Cl)cc2c(=O)n1-c1ccccc1[N+](=O)[O-]. The van der Waals surface area contributed by atoms with Crippen molar-refractivity contribution in [2.24, 2.45) is 0 Å². The Hall–Kier alpha value is -2.44. The first-order valence-corrected chi connectivity index (χ1v) is 7.28. The van der Waals surface area contributed by atoms with Gasteiger partial charge in [-0.2, -0.15) is 0 Å². The van der Waals surface area contributed by atoms with Crippen LogP contribution in [-0.2, 0) is 0 Å². The summed E-state index contributed by atoms with van der Waals surface area (Å²) >= 11 is 12.0. The minimum atomic E-state index is -0.545. The molecule has 0 spiro atoms. The molecule has 0 atom stereocenters. The lowest BCUT2D eigenvalue weighted by Gasteiger charge is -2.11. The van der Waals surface area contributed by atoms with Crippen molar-refractivity contribution in [3.63, 3.8) is 0 Å². The molecule has 1 heterocycles. The smallest absolute Gasteiger partial charge is 0.268 e. The number of benzene rings is 2. The number of hydrogen-bond donors (Lipinski definition) is 0. The Morgan fingerprint density at radius 1 is 1.22 bits per heavy atom. The number of fused-ring (bicyclic) bond motifs is 1. The van der Waals surface area contributed by atoms with Gasteiger partial charge in [-0.1, -0.05) is 35.3 Å². The molecule has 0 N–H and O–H groups in total. The Labute approximate surface area is 140 Å². The summed E-state index contributed by atoms with van der Waals surface area (Å²) in [4.78, 5) is 27.8. The maximum atomic E-state index is 12.8. The summed E-state index contributed by atoms with van der Waals surface area (Å²) < 4.78 is 1.19. The first-order chi connectivity index (χ1) is 10.9.